The second-order valence-electron chi connectivity index (χ2n) is 3.11. The standard InChI is InChI=1S/C9H12N2O2S/c1-5(2)14-8-7(9(12)13)4-10-6(3)11-8/h4-5H,1-3H3,(H,12,13). The third-order valence-corrected chi connectivity index (χ3v) is 2.46. The number of rotatable bonds is 3. The molecule has 4 nitrogen and oxygen atoms in total. The minimum absolute atomic E-state index is 0.175. The average Bonchev–Trinajstić information content (AvgIpc) is 2.01. The van der Waals surface area contributed by atoms with Gasteiger partial charge in [-0.25, -0.2) is 14.8 Å². The van der Waals surface area contributed by atoms with Gasteiger partial charge in [-0.15, -0.1) is 11.8 Å². The molecule has 0 spiro atoms. The quantitative estimate of drug-likeness (QED) is 0.613. The van der Waals surface area contributed by atoms with Gasteiger partial charge in [0.25, 0.3) is 0 Å². The Hall–Kier alpha value is -1.10. The minimum atomic E-state index is -0.979. The Bertz CT molecular complexity index is 353. The molecule has 76 valence electrons. The smallest absolute Gasteiger partial charge is 0.340 e. The summed E-state index contributed by atoms with van der Waals surface area (Å²) in [5, 5.41) is 9.73. The highest BCUT2D eigenvalue weighted by atomic mass is 32.2. The second-order valence-corrected chi connectivity index (χ2v) is 4.67. The maximum Gasteiger partial charge on any atom is 0.340 e. The summed E-state index contributed by atoms with van der Waals surface area (Å²) in [6.45, 7) is 5.73. The van der Waals surface area contributed by atoms with Crippen molar-refractivity contribution in [3.8, 4) is 0 Å². The predicted octanol–water partition coefficient (Wildman–Crippen LogP) is 1.98. The van der Waals surface area contributed by atoms with Crippen LogP contribution in [0.3, 0.4) is 0 Å². The lowest BCUT2D eigenvalue weighted by molar-refractivity contribution is 0.0691. The Morgan fingerprint density at radius 3 is 2.71 bits per heavy atom. The number of aromatic carboxylic acids is 1. The lowest BCUT2D eigenvalue weighted by atomic mass is 10.3. The lowest BCUT2D eigenvalue weighted by Gasteiger charge is -2.07. The van der Waals surface area contributed by atoms with Crippen LogP contribution < -0.4 is 0 Å². The van der Waals surface area contributed by atoms with Gasteiger partial charge in [0.15, 0.2) is 0 Å². The van der Waals surface area contributed by atoms with Crippen LogP contribution in [0.15, 0.2) is 11.2 Å². The molecule has 0 aliphatic rings. The van der Waals surface area contributed by atoms with Gasteiger partial charge in [-0.1, -0.05) is 13.8 Å². The van der Waals surface area contributed by atoms with Crippen molar-refractivity contribution in [1.82, 2.24) is 9.97 Å². The van der Waals surface area contributed by atoms with Crippen LogP contribution in [-0.2, 0) is 0 Å². The van der Waals surface area contributed by atoms with Crippen LogP contribution in [0.1, 0.15) is 30.0 Å². The number of hydrogen-bond donors (Lipinski definition) is 1. The Morgan fingerprint density at radius 1 is 1.57 bits per heavy atom. The number of thioether (sulfide) groups is 1. The maximum atomic E-state index is 10.8. The van der Waals surface area contributed by atoms with E-state index in [2.05, 4.69) is 9.97 Å². The summed E-state index contributed by atoms with van der Waals surface area (Å²) in [6.07, 6.45) is 1.36. The van der Waals surface area contributed by atoms with E-state index in [1.54, 1.807) is 6.92 Å². The van der Waals surface area contributed by atoms with E-state index >= 15 is 0 Å². The SMILES string of the molecule is Cc1ncc(C(=O)O)c(SC(C)C)n1. The van der Waals surface area contributed by atoms with Crippen LogP contribution in [0.25, 0.3) is 0 Å². The fourth-order valence-corrected chi connectivity index (χ4v) is 1.81. The van der Waals surface area contributed by atoms with Crippen LogP contribution in [0, 0.1) is 6.92 Å². The molecule has 1 aromatic heterocycles. The topological polar surface area (TPSA) is 63.1 Å². The lowest BCUT2D eigenvalue weighted by Crippen LogP contribution is -2.05. The van der Waals surface area contributed by atoms with E-state index in [0.717, 1.165) is 0 Å². The molecule has 1 rings (SSSR count). The molecule has 0 aliphatic carbocycles. The molecule has 0 unspecified atom stereocenters. The molecule has 0 aliphatic heterocycles. The molecule has 0 fully saturated rings. The molecule has 14 heavy (non-hydrogen) atoms. The highest BCUT2D eigenvalue weighted by Crippen LogP contribution is 2.24. The molecule has 1 N–H and O–H groups in total. The van der Waals surface area contributed by atoms with Crippen molar-refractivity contribution in [2.45, 2.75) is 31.0 Å². The minimum Gasteiger partial charge on any atom is -0.478 e. The molecular weight excluding hydrogens is 200 g/mol. The van der Waals surface area contributed by atoms with Gasteiger partial charge in [0, 0.05) is 11.4 Å². The van der Waals surface area contributed by atoms with Crippen molar-refractivity contribution < 1.29 is 9.90 Å². The Labute approximate surface area is 86.8 Å². The molecule has 0 aromatic carbocycles. The number of carboxylic acids is 1. The summed E-state index contributed by atoms with van der Waals surface area (Å²) in [5.41, 5.74) is 0.175. The van der Waals surface area contributed by atoms with E-state index in [9.17, 15) is 4.79 Å². The van der Waals surface area contributed by atoms with Crippen LogP contribution in [-0.4, -0.2) is 26.3 Å². The molecule has 0 radical (unpaired) electrons. The second kappa shape index (κ2) is 4.41. The summed E-state index contributed by atoms with van der Waals surface area (Å²) in [7, 11) is 0. The van der Waals surface area contributed by atoms with Gasteiger partial charge in [0.2, 0.25) is 0 Å². The zero-order valence-corrected chi connectivity index (χ0v) is 9.13. The van der Waals surface area contributed by atoms with Gasteiger partial charge in [0.05, 0.1) is 0 Å². The zero-order chi connectivity index (χ0) is 10.7. The number of carbonyl (C=O) groups is 1. The number of carboxylic acid groups (broad SMARTS) is 1. The van der Waals surface area contributed by atoms with Gasteiger partial charge < -0.3 is 5.11 Å². The van der Waals surface area contributed by atoms with Crippen molar-refractivity contribution in [2.75, 3.05) is 0 Å². The largest absolute Gasteiger partial charge is 0.478 e. The molecule has 0 atom stereocenters. The molecule has 0 saturated carbocycles. The third-order valence-electron chi connectivity index (χ3n) is 1.45. The average molecular weight is 212 g/mol. The summed E-state index contributed by atoms with van der Waals surface area (Å²) in [4.78, 5) is 18.8. The van der Waals surface area contributed by atoms with Crippen molar-refractivity contribution in [3.05, 3.63) is 17.6 Å². The Kier molecular flexibility index (Phi) is 3.46. The summed E-state index contributed by atoms with van der Waals surface area (Å²) in [6, 6.07) is 0. The summed E-state index contributed by atoms with van der Waals surface area (Å²) in [5.74, 6) is -0.383. The van der Waals surface area contributed by atoms with Crippen LogP contribution in [0.4, 0.5) is 0 Å². The van der Waals surface area contributed by atoms with Crippen LogP contribution in [0.2, 0.25) is 0 Å². The molecule has 1 aromatic rings. The van der Waals surface area contributed by atoms with Gasteiger partial charge in [0.1, 0.15) is 16.4 Å². The molecule has 5 heteroatoms. The van der Waals surface area contributed by atoms with Crippen LogP contribution in [0.5, 0.6) is 0 Å². The van der Waals surface area contributed by atoms with Crippen LogP contribution >= 0.6 is 11.8 Å². The molecule has 1 heterocycles. The zero-order valence-electron chi connectivity index (χ0n) is 8.31. The monoisotopic (exact) mass is 212 g/mol. The predicted molar refractivity (Wildman–Crippen MR) is 54.7 cm³/mol. The van der Waals surface area contributed by atoms with E-state index < -0.39 is 5.97 Å². The first-order valence-electron chi connectivity index (χ1n) is 4.24. The van der Waals surface area contributed by atoms with E-state index in [1.807, 2.05) is 13.8 Å². The summed E-state index contributed by atoms with van der Waals surface area (Å²) < 4.78 is 0. The Morgan fingerprint density at radius 2 is 2.21 bits per heavy atom. The van der Waals surface area contributed by atoms with E-state index in [-0.39, 0.29) is 5.56 Å². The summed E-state index contributed by atoms with van der Waals surface area (Å²) >= 11 is 1.44. The Balaban J connectivity index is 3.09. The first kappa shape index (κ1) is 11.0. The number of hydrogen-bond acceptors (Lipinski definition) is 4. The number of aromatic nitrogens is 2. The molecule has 0 saturated heterocycles. The highest BCUT2D eigenvalue weighted by molar-refractivity contribution is 7.99. The number of nitrogens with zero attached hydrogens (tertiary/aromatic N) is 2. The fourth-order valence-electron chi connectivity index (χ4n) is 0.909. The van der Waals surface area contributed by atoms with E-state index in [4.69, 9.17) is 5.11 Å². The van der Waals surface area contributed by atoms with E-state index in [0.29, 0.717) is 16.1 Å². The highest BCUT2D eigenvalue weighted by Gasteiger charge is 2.13. The van der Waals surface area contributed by atoms with Gasteiger partial charge >= 0.3 is 5.97 Å². The fraction of sp³-hybridized carbons (Fsp3) is 0.444. The first-order chi connectivity index (χ1) is 6.50. The molecular formula is C9H12N2O2S. The molecule has 0 amide bonds. The van der Waals surface area contributed by atoms with Gasteiger partial charge in [-0.2, -0.15) is 0 Å². The van der Waals surface area contributed by atoms with Gasteiger partial charge in [-0.05, 0) is 6.92 Å². The van der Waals surface area contributed by atoms with Gasteiger partial charge in [-0.3, -0.25) is 0 Å². The van der Waals surface area contributed by atoms with Crippen molar-refractivity contribution >= 4 is 17.7 Å². The number of aryl methyl sites for hydroxylation is 1. The first-order valence-corrected chi connectivity index (χ1v) is 5.12. The maximum absolute atomic E-state index is 10.8. The van der Waals surface area contributed by atoms with E-state index in [1.165, 1.54) is 18.0 Å². The normalized spacial score (nSPS) is 10.6. The van der Waals surface area contributed by atoms with Crippen molar-refractivity contribution in [3.63, 3.8) is 0 Å². The van der Waals surface area contributed by atoms with Crippen molar-refractivity contribution in [1.29, 1.82) is 0 Å². The molecule has 0 bridgehead atoms. The third kappa shape index (κ3) is 2.70. The van der Waals surface area contributed by atoms with Crippen molar-refractivity contribution in [2.24, 2.45) is 0 Å².